The monoisotopic (exact) mass is 374 g/mol. The highest BCUT2D eigenvalue weighted by molar-refractivity contribution is 5.87. The SMILES string of the molecule is CC1(C)CC(NC(=O)NCc2cc(C(=O)O)ccn2)CC(C)(CN=C=O)C1. The molecule has 2 amide bonds. The van der Waals surface area contributed by atoms with Crippen molar-refractivity contribution in [1.29, 1.82) is 0 Å². The normalized spacial score (nSPS) is 23.7. The van der Waals surface area contributed by atoms with Crippen molar-refractivity contribution in [3.63, 3.8) is 0 Å². The molecule has 3 N–H and O–H groups in total. The Hall–Kier alpha value is -2.73. The number of amides is 2. The van der Waals surface area contributed by atoms with Gasteiger partial charge in [0.15, 0.2) is 0 Å². The van der Waals surface area contributed by atoms with Gasteiger partial charge in [0.05, 0.1) is 24.3 Å². The fraction of sp³-hybridized carbons (Fsp3) is 0.579. The number of aromatic carboxylic acids is 1. The molecule has 1 aromatic heterocycles. The Morgan fingerprint density at radius 1 is 1.37 bits per heavy atom. The maximum Gasteiger partial charge on any atom is 0.335 e. The van der Waals surface area contributed by atoms with E-state index in [2.05, 4.69) is 41.4 Å². The van der Waals surface area contributed by atoms with E-state index in [-0.39, 0.29) is 35.0 Å². The molecule has 0 saturated heterocycles. The third-order valence-electron chi connectivity index (χ3n) is 4.80. The molecule has 0 spiro atoms. The largest absolute Gasteiger partial charge is 0.478 e. The van der Waals surface area contributed by atoms with Crippen LogP contribution in [0.5, 0.6) is 0 Å². The molecule has 0 aromatic carbocycles. The van der Waals surface area contributed by atoms with Crippen LogP contribution in [-0.2, 0) is 11.3 Å². The molecule has 1 saturated carbocycles. The van der Waals surface area contributed by atoms with Crippen molar-refractivity contribution in [3.05, 3.63) is 29.6 Å². The number of carboxylic acids is 1. The summed E-state index contributed by atoms with van der Waals surface area (Å²) in [5.41, 5.74) is 0.441. The highest BCUT2D eigenvalue weighted by atomic mass is 16.4. The number of hydrogen-bond donors (Lipinski definition) is 3. The summed E-state index contributed by atoms with van der Waals surface area (Å²) in [7, 11) is 0. The zero-order valence-corrected chi connectivity index (χ0v) is 15.9. The number of carbonyl (C=O) groups excluding carboxylic acids is 2. The number of aromatic nitrogens is 1. The zero-order chi connectivity index (χ0) is 20.1. The molecule has 1 aliphatic carbocycles. The second kappa shape index (κ2) is 8.31. The number of carbonyl (C=O) groups is 2. The number of hydrogen-bond acceptors (Lipinski definition) is 5. The fourth-order valence-electron chi connectivity index (χ4n) is 4.19. The Kier molecular flexibility index (Phi) is 6.33. The van der Waals surface area contributed by atoms with Crippen LogP contribution >= 0.6 is 0 Å². The molecule has 1 heterocycles. The number of rotatable bonds is 6. The minimum absolute atomic E-state index is 0.0146. The van der Waals surface area contributed by atoms with E-state index in [1.54, 1.807) is 6.08 Å². The van der Waals surface area contributed by atoms with Crippen LogP contribution in [-0.4, -0.2) is 40.8 Å². The molecule has 2 rings (SSSR count). The average molecular weight is 374 g/mol. The van der Waals surface area contributed by atoms with Gasteiger partial charge in [-0.2, -0.15) is 0 Å². The van der Waals surface area contributed by atoms with Gasteiger partial charge in [-0.1, -0.05) is 20.8 Å². The van der Waals surface area contributed by atoms with Crippen LogP contribution in [0.2, 0.25) is 0 Å². The van der Waals surface area contributed by atoms with E-state index in [1.165, 1.54) is 18.3 Å². The molecule has 1 aliphatic rings. The minimum atomic E-state index is -1.04. The molecule has 27 heavy (non-hydrogen) atoms. The first-order valence-electron chi connectivity index (χ1n) is 8.89. The Morgan fingerprint density at radius 3 is 2.78 bits per heavy atom. The number of carboxylic acid groups (broad SMARTS) is 1. The van der Waals surface area contributed by atoms with Gasteiger partial charge in [0.2, 0.25) is 6.08 Å². The van der Waals surface area contributed by atoms with E-state index in [9.17, 15) is 14.4 Å². The van der Waals surface area contributed by atoms with Crippen LogP contribution < -0.4 is 10.6 Å². The van der Waals surface area contributed by atoms with Crippen LogP contribution in [0.4, 0.5) is 4.79 Å². The smallest absolute Gasteiger partial charge is 0.335 e. The van der Waals surface area contributed by atoms with Crippen LogP contribution in [0.1, 0.15) is 56.1 Å². The second-order valence-corrected chi connectivity index (χ2v) is 8.33. The van der Waals surface area contributed by atoms with Crippen molar-refractivity contribution in [2.24, 2.45) is 15.8 Å². The molecule has 0 radical (unpaired) electrons. The van der Waals surface area contributed by atoms with E-state index in [0.29, 0.717) is 12.2 Å². The molecule has 1 aromatic rings. The van der Waals surface area contributed by atoms with Gasteiger partial charge >= 0.3 is 12.0 Å². The van der Waals surface area contributed by atoms with E-state index in [1.807, 2.05) is 0 Å². The molecule has 0 bridgehead atoms. The Morgan fingerprint density at radius 2 is 2.11 bits per heavy atom. The standard InChI is InChI=1S/C19H26N4O4/c1-18(2)7-15(8-19(3,10-18)11-20-12-24)23-17(27)22-9-14-6-13(16(25)26)4-5-21-14/h4-6,15H,7-11H2,1-3H3,(H,25,26)(H2,22,23,27). The molecule has 8 heteroatoms. The van der Waals surface area contributed by atoms with Gasteiger partial charge in [0.25, 0.3) is 0 Å². The molecular weight excluding hydrogens is 348 g/mol. The number of nitrogens with zero attached hydrogens (tertiary/aromatic N) is 2. The Balaban J connectivity index is 1.95. The summed E-state index contributed by atoms with van der Waals surface area (Å²) in [5.74, 6) is -1.04. The van der Waals surface area contributed by atoms with Gasteiger partial charge in [0, 0.05) is 12.2 Å². The van der Waals surface area contributed by atoms with Gasteiger partial charge < -0.3 is 15.7 Å². The van der Waals surface area contributed by atoms with Crippen molar-refractivity contribution in [2.75, 3.05) is 6.54 Å². The third kappa shape index (κ3) is 6.18. The fourth-order valence-corrected chi connectivity index (χ4v) is 4.19. The van der Waals surface area contributed by atoms with Crippen LogP contribution in [0, 0.1) is 10.8 Å². The highest BCUT2D eigenvalue weighted by Gasteiger charge is 2.41. The van der Waals surface area contributed by atoms with Gasteiger partial charge in [0.1, 0.15) is 0 Å². The first kappa shape index (κ1) is 20.6. The third-order valence-corrected chi connectivity index (χ3v) is 4.80. The quantitative estimate of drug-likeness (QED) is 0.522. The Labute approximate surface area is 158 Å². The lowest BCUT2D eigenvalue weighted by Crippen LogP contribution is -2.50. The van der Waals surface area contributed by atoms with Gasteiger partial charge in [-0.15, -0.1) is 0 Å². The van der Waals surface area contributed by atoms with Gasteiger partial charge in [-0.05, 0) is 42.2 Å². The molecule has 0 aliphatic heterocycles. The van der Waals surface area contributed by atoms with Crippen LogP contribution in [0.15, 0.2) is 23.3 Å². The van der Waals surface area contributed by atoms with E-state index in [4.69, 9.17) is 5.11 Å². The number of isocyanates is 1. The average Bonchev–Trinajstić information content (AvgIpc) is 2.56. The van der Waals surface area contributed by atoms with Crippen molar-refractivity contribution in [1.82, 2.24) is 15.6 Å². The summed E-state index contributed by atoms with van der Waals surface area (Å²) >= 11 is 0. The summed E-state index contributed by atoms with van der Waals surface area (Å²) in [4.78, 5) is 41.6. The first-order valence-corrected chi connectivity index (χ1v) is 8.89. The number of aliphatic imine (C=N–C) groups is 1. The predicted octanol–water partition coefficient (Wildman–Crippen LogP) is 2.50. The van der Waals surface area contributed by atoms with Crippen molar-refractivity contribution in [2.45, 2.75) is 52.6 Å². The number of pyridine rings is 1. The summed E-state index contributed by atoms with van der Waals surface area (Å²) < 4.78 is 0. The van der Waals surface area contributed by atoms with Gasteiger partial charge in [-0.3, -0.25) is 4.98 Å². The molecule has 146 valence electrons. The Bertz CT molecular complexity index is 758. The van der Waals surface area contributed by atoms with Crippen LogP contribution in [0.25, 0.3) is 0 Å². The van der Waals surface area contributed by atoms with E-state index < -0.39 is 5.97 Å². The molecule has 1 fully saturated rings. The van der Waals surface area contributed by atoms with Gasteiger partial charge in [-0.25, -0.2) is 19.4 Å². The lowest BCUT2D eigenvalue weighted by Gasteiger charge is -2.46. The predicted molar refractivity (Wildman–Crippen MR) is 99.1 cm³/mol. The topological polar surface area (TPSA) is 121 Å². The maximum atomic E-state index is 12.3. The lowest BCUT2D eigenvalue weighted by molar-refractivity contribution is 0.0696. The summed E-state index contributed by atoms with van der Waals surface area (Å²) in [6, 6.07) is 2.46. The van der Waals surface area contributed by atoms with Crippen molar-refractivity contribution < 1.29 is 19.5 Å². The highest BCUT2D eigenvalue weighted by Crippen LogP contribution is 2.46. The minimum Gasteiger partial charge on any atom is -0.478 e. The number of urea groups is 1. The van der Waals surface area contributed by atoms with E-state index >= 15 is 0 Å². The zero-order valence-electron chi connectivity index (χ0n) is 15.9. The first-order chi connectivity index (χ1) is 12.6. The summed E-state index contributed by atoms with van der Waals surface area (Å²) in [6.07, 6.45) is 5.47. The molecule has 8 nitrogen and oxygen atoms in total. The van der Waals surface area contributed by atoms with Crippen molar-refractivity contribution >= 4 is 18.1 Å². The molecule has 2 unspecified atom stereocenters. The summed E-state index contributed by atoms with van der Waals surface area (Å²) in [6.45, 7) is 6.88. The van der Waals surface area contributed by atoms with E-state index in [0.717, 1.165) is 19.3 Å². The summed E-state index contributed by atoms with van der Waals surface area (Å²) in [5, 5.41) is 14.7. The molecule has 2 atom stereocenters. The van der Waals surface area contributed by atoms with Crippen molar-refractivity contribution in [3.8, 4) is 0 Å². The lowest BCUT2D eigenvalue weighted by atomic mass is 9.62. The number of nitrogens with one attached hydrogen (secondary N) is 2. The molecular formula is C19H26N4O4. The second-order valence-electron chi connectivity index (χ2n) is 8.33. The van der Waals surface area contributed by atoms with Crippen LogP contribution in [0.3, 0.4) is 0 Å². The maximum absolute atomic E-state index is 12.3.